The molecule has 0 amide bonds. The van der Waals surface area contributed by atoms with E-state index in [9.17, 15) is 5.11 Å². The lowest BCUT2D eigenvalue weighted by molar-refractivity contribution is 0.0380. The van der Waals surface area contributed by atoms with E-state index < -0.39 is 5.60 Å². The predicted molar refractivity (Wildman–Crippen MR) is 72.3 cm³/mol. The molecule has 0 atom stereocenters. The van der Waals surface area contributed by atoms with Gasteiger partial charge in [-0.2, -0.15) is 0 Å². The summed E-state index contributed by atoms with van der Waals surface area (Å²) in [6.07, 6.45) is 6.37. The predicted octanol–water partition coefficient (Wildman–Crippen LogP) is 1.86. The Morgan fingerprint density at radius 3 is 2.56 bits per heavy atom. The van der Waals surface area contributed by atoms with Crippen LogP contribution in [0.25, 0.3) is 0 Å². The number of nitrogen functional groups attached to an aromatic ring is 1. The summed E-state index contributed by atoms with van der Waals surface area (Å²) in [5, 5.41) is 13.7. The molecular weight excluding hydrogens is 228 g/mol. The highest BCUT2D eigenvalue weighted by Crippen LogP contribution is 2.27. The van der Waals surface area contributed by atoms with Gasteiger partial charge in [0.15, 0.2) is 0 Å². The third-order valence-corrected chi connectivity index (χ3v) is 3.49. The van der Waals surface area contributed by atoms with Gasteiger partial charge in [-0.15, -0.1) is 0 Å². The first-order valence-corrected chi connectivity index (χ1v) is 6.65. The number of nitrogens with zero attached hydrogens (tertiary/aromatic N) is 2. The fourth-order valence-electron chi connectivity index (χ4n) is 2.50. The summed E-state index contributed by atoms with van der Waals surface area (Å²) in [5.74, 6) is 1.79. The average Bonchev–Trinajstić information content (AvgIpc) is 2.51. The molecule has 2 rings (SSSR count). The van der Waals surface area contributed by atoms with Gasteiger partial charge in [0.1, 0.15) is 17.5 Å². The number of nitrogens with one attached hydrogen (secondary N) is 1. The molecule has 0 bridgehead atoms. The maximum absolute atomic E-state index is 10.5. The van der Waals surface area contributed by atoms with Crippen molar-refractivity contribution in [2.45, 2.75) is 51.0 Å². The molecule has 1 heterocycles. The van der Waals surface area contributed by atoms with Gasteiger partial charge in [-0.1, -0.05) is 25.7 Å². The van der Waals surface area contributed by atoms with Crippen molar-refractivity contribution in [3.63, 3.8) is 0 Å². The van der Waals surface area contributed by atoms with E-state index in [4.69, 9.17) is 5.73 Å². The van der Waals surface area contributed by atoms with E-state index in [2.05, 4.69) is 15.3 Å². The minimum Gasteiger partial charge on any atom is -0.388 e. The van der Waals surface area contributed by atoms with Gasteiger partial charge in [0.25, 0.3) is 0 Å². The first kappa shape index (κ1) is 13.1. The largest absolute Gasteiger partial charge is 0.388 e. The Labute approximate surface area is 108 Å². The summed E-state index contributed by atoms with van der Waals surface area (Å²) in [6, 6.07) is 1.70. The molecule has 0 aromatic carbocycles. The van der Waals surface area contributed by atoms with Crippen LogP contribution in [-0.2, 0) is 0 Å². The van der Waals surface area contributed by atoms with E-state index in [1.54, 1.807) is 6.07 Å². The van der Waals surface area contributed by atoms with Gasteiger partial charge in [-0.25, -0.2) is 9.97 Å². The number of aryl methyl sites for hydroxylation is 1. The van der Waals surface area contributed by atoms with Crippen molar-refractivity contribution in [1.29, 1.82) is 0 Å². The Morgan fingerprint density at radius 2 is 1.94 bits per heavy atom. The van der Waals surface area contributed by atoms with Crippen molar-refractivity contribution in [3.05, 3.63) is 11.9 Å². The summed E-state index contributed by atoms with van der Waals surface area (Å²) in [7, 11) is 0. The topological polar surface area (TPSA) is 84.1 Å². The van der Waals surface area contributed by atoms with Crippen LogP contribution in [0, 0.1) is 6.92 Å². The van der Waals surface area contributed by atoms with Crippen LogP contribution in [0.1, 0.15) is 44.3 Å². The van der Waals surface area contributed by atoms with E-state index >= 15 is 0 Å². The summed E-state index contributed by atoms with van der Waals surface area (Å²) < 4.78 is 0. The minimum atomic E-state index is -0.607. The van der Waals surface area contributed by atoms with Crippen molar-refractivity contribution in [2.24, 2.45) is 0 Å². The molecule has 1 aliphatic rings. The van der Waals surface area contributed by atoms with Gasteiger partial charge in [-0.3, -0.25) is 0 Å². The van der Waals surface area contributed by atoms with E-state index in [1.807, 2.05) is 6.92 Å². The van der Waals surface area contributed by atoms with Crippen LogP contribution in [0.2, 0.25) is 0 Å². The molecule has 18 heavy (non-hydrogen) atoms. The Hall–Kier alpha value is -1.36. The molecule has 0 radical (unpaired) electrons. The molecule has 1 aromatic heterocycles. The van der Waals surface area contributed by atoms with Gasteiger partial charge in [0, 0.05) is 12.6 Å². The SMILES string of the molecule is Cc1nc(N)cc(NCC2(O)CCCCCC2)n1. The van der Waals surface area contributed by atoms with E-state index in [-0.39, 0.29) is 0 Å². The van der Waals surface area contributed by atoms with Crippen molar-refractivity contribution in [2.75, 3.05) is 17.6 Å². The second-order valence-electron chi connectivity index (χ2n) is 5.22. The van der Waals surface area contributed by atoms with E-state index in [1.165, 1.54) is 12.8 Å². The lowest BCUT2D eigenvalue weighted by Gasteiger charge is -2.27. The highest BCUT2D eigenvalue weighted by Gasteiger charge is 2.27. The van der Waals surface area contributed by atoms with Gasteiger partial charge < -0.3 is 16.2 Å². The number of aliphatic hydroxyl groups is 1. The van der Waals surface area contributed by atoms with Gasteiger partial charge >= 0.3 is 0 Å². The number of anilines is 2. The molecule has 0 unspecified atom stereocenters. The number of nitrogens with two attached hydrogens (primary N) is 1. The molecule has 100 valence electrons. The van der Waals surface area contributed by atoms with Gasteiger partial charge in [0.05, 0.1) is 5.60 Å². The third kappa shape index (κ3) is 3.57. The second kappa shape index (κ2) is 5.52. The molecule has 5 heteroatoms. The Kier molecular flexibility index (Phi) is 4.01. The van der Waals surface area contributed by atoms with Crippen LogP contribution in [0.3, 0.4) is 0 Å². The highest BCUT2D eigenvalue weighted by atomic mass is 16.3. The average molecular weight is 250 g/mol. The van der Waals surface area contributed by atoms with Gasteiger partial charge in [-0.05, 0) is 19.8 Å². The molecule has 1 fully saturated rings. The number of aromatic nitrogens is 2. The summed E-state index contributed by atoms with van der Waals surface area (Å²) in [5.41, 5.74) is 5.07. The summed E-state index contributed by atoms with van der Waals surface area (Å²) in [4.78, 5) is 8.29. The molecule has 1 aliphatic carbocycles. The number of rotatable bonds is 3. The Bertz CT molecular complexity index is 380. The third-order valence-electron chi connectivity index (χ3n) is 3.49. The van der Waals surface area contributed by atoms with Crippen LogP contribution in [0.15, 0.2) is 6.07 Å². The minimum absolute atomic E-state index is 0.456. The smallest absolute Gasteiger partial charge is 0.131 e. The fraction of sp³-hybridized carbons (Fsp3) is 0.692. The van der Waals surface area contributed by atoms with Crippen LogP contribution in [0.5, 0.6) is 0 Å². The molecule has 0 aliphatic heterocycles. The first-order chi connectivity index (χ1) is 8.57. The zero-order chi connectivity index (χ0) is 13.0. The van der Waals surface area contributed by atoms with Gasteiger partial charge in [0.2, 0.25) is 0 Å². The lowest BCUT2D eigenvalue weighted by Crippen LogP contribution is -2.36. The molecular formula is C13H22N4O. The van der Waals surface area contributed by atoms with Crippen LogP contribution < -0.4 is 11.1 Å². The Morgan fingerprint density at radius 1 is 1.28 bits per heavy atom. The normalized spacial score (nSPS) is 19.2. The summed E-state index contributed by atoms with van der Waals surface area (Å²) >= 11 is 0. The fourth-order valence-corrected chi connectivity index (χ4v) is 2.50. The highest BCUT2D eigenvalue weighted by molar-refractivity contribution is 5.44. The van der Waals surface area contributed by atoms with Crippen molar-refractivity contribution in [3.8, 4) is 0 Å². The second-order valence-corrected chi connectivity index (χ2v) is 5.22. The number of hydrogen-bond acceptors (Lipinski definition) is 5. The Balaban J connectivity index is 1.97. The molecule has 0 spiro atoms. The van der Waals surface area contributed by atoms with Crippen LogP contribution >= 0.6 is 0 Å². The standard InChI is InChI=1S/C13H22N4O/c1-10-16-11(14)8-12(17-10)15-9-13(18)6-4-2-3-5-7-13/h8,18H,2-7,9H2,1H3,(H3,14,15,16,17). The molecule has 0 saturated heterocycles. The molecule has 1 aromatic rings. The molecule has 5 nitrogen and oxygen atoms in total. The monoisotopic (exact) mass is 250 g/mol. The maximum Gasteiger partial charge on any atom is 0.131 e. The maximum atomic E-state index is 10.5. The molecule has 1 saturated carbocycles. The zero-order valence-electron chi connectivity index (χ0n) is 10.9. The van der Waals surface area contributed by atoms with Crippen molar-refractivity contribution in [1.82, 2.24) is 9.97 Å². The lowest BCUT2D eigenvalue weighted by atomic mass is 9.94. The first-order valence-electron chi connectivity index (χ1n) is 6.65. The van der Waals surface area contributed by atoms with Crippen LogP contribution in [-0.4, -0.2) is 27.2 Å². The van der Waals surface area contributed by atoms with Crippen LogP contribution in [0.4, 0.5) is 11.6 Å². The molecule has 4 N–H and O–H groups in total. The van der Waals surface area contributed by atoms with Crippen molar-refractivity contribution >= 4 is 11.6 Å². The van der Waals surface area contributed by atoms with E-state index in [0.29, 0.717) is 24.0 Å². The van der Waals surface area contributed by atoms with E-state index in [0.717, 1.165) is 25.7 Å². The number of hydrogen-bond donors (Lipinski definition) is 3. The van der Waals surface area contributed by atoms with Crippen molar-refractivity contribution < 1.29 is 5.11 Å². The quantitative estimate of drug-likeness (QED) is 0.713. The zero-order valence-corrected chi connectivity index (χ0v) is 10.9. The summed E-state index contributed by atoms with van der Waals surface area (Å²) in [6.45, 7) is 2.34.